The molecule has 1 aromatic heterocycles. The van der Waals surface area contributed by atoms with Gasteiger partial charge in [-0.15, -0.1) is 0 Å². The minimum Gasteiger partial charge on any atom is -0.428 e. The highest BCUT2D eigenvalue weighted by molar-refractivity contribution is 6.28. The van der Waals surface area contributed by atoms with Gasteiger partial charge in [-0.1, -0.05) is 19.9 Å². The first-order valence-electron chi connectivity index (χ1n) is 4.76. The largest absolute Gasteiger partial charge is 0.428 e. The lowest BCUT2D eigenvalue weighted by Gasteiger charge is -2.07. The molecule has 0 bridgehead atoms. The van der Waals surface area contributed by atoms with Gasteiger partial charge < -0.3 is 4.42 Å². The summed E-state index contributed by atoms with van der Waals surface area (Å²) in [7, 11) is 0. The molecule has 2 rings (SSSR count). The van der Waals surface area contributed by atoms with Crippen LogP contribution in [0.15, 0.2) is 22.6 Å². The molecular weight excluding hydrogens is 198 g/mol. The molecule has 14 heavy (non-hydrogen) atoms. The SMILES string of the molecule is CCC(C)c1ccc2oc(Cl)nc2c1. The van der Waals surface area contributed by atoms with Gasteiger partial charge >= 0.3 is 0 Å². The first-order chi connectivity index (χ1) is 6.70. The summed E-state index contributed by atoms with van der Waals surface area (Å²) in [5.74, 6) is 0.551. The highest BCUT2D eigenvalue weighted by Gasteiger charge is 2.07. The molecule has 1 aromatic carbocycles. The highest BCUT2D eigenvalue weighted by atomic mass is 35.5. The van der Waals surface area contributed by atoms with Crippen molar-refractivity contribution in [2.75, 3.05) is 0 Å². The van der Waals surface area contributed by atoms with Gasteiger partial charge in [0.2, 0.25) is 0 Å². The fourth-order valence-corrected chi connectivity index (χ4v) is 1.63. The number of halogens is 1. The molecule has 0 saturated carbocycles. The number of oxazole rings is 1. The Morgan fingerprint density at radius 1 is 1.50 bits per heavy atom. The fourth-order valence-electron chi connectivity index (χ4n) is 1.46. The van der Waals surface area contributed by atoms with Crippen LogP contribution in [0.1, 0.15) is 31.7 Å². The maximum absolute atomic E-state index is 5.67. The van der Waals surface area contributed by atoms with E-state index in [1.54, 1.807) is 0 Å². The summed E-state index contributed by atoms with van der Waals surface area (Å²) in [6, 6.07) is 6.03. The molecule has 74 valence electrons. The van der Waals surface area contributed by atoms with Gasteiger partial charge in [-0.05, 0) is 41.6 Å². The van der Waals surface area contributed by atoms with E-state index in [0.29, 0.717) is 5.92 Å². The van der Waals surface area contributed by atoms with E-state index in [-0.39, 0.29) is 5.35 Å². The number of hydrogen-bond acceptors (Lipinski definition) is 2. The second kappa shape index (κ2) is 3.62. The second-order valence-corrected chi connectivity index (χ2v) is 3.83. The highest BCUT2D eigenvalue weighted by Crippen LogP contribution is 2.25. The molecule has 0 saturated heterocycles. The van der Waals surface area contributed by atoms with E-state index in [1.165, 1.54) is 5.56 Å². The minimum absolute atomic E-state index is 0.210. The van der Waals surface area contributed by atoms with Crippen molar-refractivity contribution in [2.45, 2.75) is 26.2 Å². The van der Waals surface area contributed by atoms with Crippen molar-refractivity contribution < 1.29 is 4.42 Å². The Bertz CT molecular complexity index is 449. The number of benzene rings is 1. The summed E-state index contributed by atoms with van der Waals surface area (Å²) < 4.78 is 5.19. The Kier molecular flexibility index (Phi) is 2.46. The van der Waals surface area contributed by atoms with E-state index in [9.17, 15) is 0 Å². The van der Waals surface area contributed by atoms with Crippen molar-refractivity contribution in [3.63, 3.8) is 0 Å². The molecule has 3 heteroatoms. The molecule has 0 spiro atoms. The molecule has 1 unspecified atom stereocenters. The van der Waals surface area contributed by atoms with E-state index < -0.39 is 0 Å². The quantitative estimate of drug-likeness (QED) is 0.748. The Hall–Kier alpha value is -1.02. The van der Waals surface area contributed by atoms with Gasteiger partial charge in [0.05, 0.1) is 0 Å². The fraction of sp³-hybridized carbons (Fsp3) is 0.364. The van der Waals surface area contributed by atoms with Crippen LogP contribution in [0.5, 0.6) is 0 Å². The molecule has 0 aliphatic heterocycles. The third kappa shape index (κ3) is 1.62. The maximum atomic E-state index is 5.67. The summed E-state index contributed by atoms with van der Waals surface area (Å²) in [6.45, 7) is 4.37. The van der Waals surface area contributed by atoms with Gasteiger partial charge in [-0.25, -0.2) is 0 Å². The average Bonchev–Trinajstić information content (AvgIpc) is 2.55. The van der Waals surface area contributed by atoms with E-state index in [1.807, 2.05) is 12.1 Å². The van der Waals surface area contributed by atoms with Gasteiger partial charge in [0.25, 0.3) is 5.35 Å². The second-order valence-electron chi connectivity index (χ2n) is 3.50. The van der Waals surface area contributed by atoms with Crippen molar-refractivity contribution in [3.8, 4) is 0 Å². The zero-order valence-electron chi connectivity index (χ0n) is 8.25. The lowest BCUT2D eigenvalue weighted by atomic mass is 9.98. The third-order valence-electron chi connectivity index (χ3n) is 2.57. The van der Waals surface area contributed by atoms with E-state index in [4.69, 9.17) is 16.0 Å². The molecule has 0 fully saturated rings. The van der Waals surface area contributed by atoms with Crippen LogP contribution in [-0.4, -0.2) is 4.98 Å². The Labute approximate surface area is 87.9 Å². The van der Waals surface area contributed by atoms with Crippen molar-refractivity contribution in [2.24, 2.45) is 0 Å². The van der Waals surface area contributed by atoms with Crippen LogP contribution in [0.25, 0.3) is 11.1 Å². The topological polar surface area (TPSA) is 26.0 Å². The van der Waals surface area contributed by atoms with Gasteiger partial charge in [0, 0.05) is 0 Å². The Morgan fingerprint density at radius 3 is 3.00 bits per heavy atom. The minimum atomic E-state index is 0.210. The molecule has 1 heterocycles. The van der Waals surface area contributed by atoms with Crippen molar-refractivity contribution in [3.05, 3.63) is 29.1 Å². The molecule has 0 aliphatic carbocycles. The van der Waals surface area contributed by atoms with E-state index in [0.717, 1.165) is 17.5 Å². The number of fused-ring (bicyclic) bond motifs is 1. The number of hydrogen-bond donors (Lipinski definition) is 0. The molecule has 0 aliphatic rings. The number of rotatable bonds is 2. The smallest absolute Gasteiger partial charge is 0.293 e. The zero-order valence-corrected chi connectivity index (χ0v) is 9.01. The monoisotopic (exact) mass is 209 g/mol. The van der Waals surface area contributed by atoms with Crippen LogP contribution in [0, 0.1) is 0 Å². The molecular formula is C11H12ClNO. The van der Waals surface area contributed by atoms with Crippen molar-refractivity contribution in [1.82, 2.24) is 4.98 Å². The molecule has 0 N–H and O–H groups in total. The van der Waals surface area contributed by atoms with Crippen LogP contribution >= 0.6 is 11.6 Å². The summed E-state index contributed by atoms with van der Waals surface area (Å²) in [4.78, 5) is 4.09. The Morgan fingerprint density at radius 2 is 2.29 bits per heavy atom. The van der Waals surface area contributed by atoms with Crippen molar-refractivity contribution >= 4 is 22.7 Å². The predicted molar refractivity (Wildman–Crippen MR) is 57.7 cm³/mol. The standard InChI is InChI=1S/C11H12ClNO/c1-3-7(2)8-4-5-10-9(6-8)13-11(12)14-10/h4-7H,3H2,1-2H3. The summed E-state index contributed by atoms with van der Waals surface area (Å²) in [5, 5.41) is 0.210. The molecule has 0 radical (unpaired) electrons. The van der Waals surface area contributed by atoms with E-state index in [2.05, 4.69) is 24.9 Å². The number of aromatic nitrogens is 1. The first-order valence-corrected chi connectivity index (χ1v) is 5.14. The number of nitrogens with zero attached hydrogens (tertiary/aromatic N) is 1. The predicted octanol–water partition coefficient (Wildman–Crippen LogP) is 3.99. The van der Waals surface area contributed by atoms with Gasteiger partial charge in [0.1, 0.15) is 5.52 Å². The zero-order chi connectivity index (χ0) is 10.1. The van der Waals surface area contributed by atoms with Gasteiger partial charge in [0.15, 0.2) is 5.58 Å². The lowest BCUT2D eigenvalue weighted by Crippen LogP contribution is -1.90. The van der Waals surface area contributed by atoms with Crippen LogP contribution in [-0.2, 0) is 0 Å². The Balaban J connectivity index is 2.50. The van der Waals surface area contributed by atoms with Crippen LogP contribution in [0.2, 0.25) is 5.35 Å². The average molecular weight is 210 g/mol. The van der Waals surface area contributed by atoms with Crippen LogP contribution in [0.4, 0.5) is 0 Å². The molecule has 0 amide bonds. The first kappa shape index (κ1) is 9.53. The normalized spacial score (nSPS) is 13.4. The summed E-state index contributed by atoms with van der Waals surface area (Å²) >= 11 is 5.67. The lowest BCUT2D eigenvalue weighted by molar-refractivity contribution is 0.604. The summed E-state index contributed by atoms with van der Waals surface area (Å²) in [5.41, 5.74) is 2.87. The summed E-state index contributed by atoms with van der Waals surface area (Å²) in [6.07, 6.45) is 1.12. The van der Waals surface area contributed by atoms with E-state index >= 15 is 0 Å². The third-order valence-corrected chi connectivity index (χ3v) is 2.73. The van der Waals surface area contributed by atoms with Gasteiger partial charge in [-0.3, -0.25) is 0 Å². The van der Waals surface area contributed by atoms with Gasteiger partial charge in [-0.2, -0.15) is 4.98 Å². The van der Waals surface area contributed by atoms with Crippen molar-refractivity contribution in [1.29, 1.82) is 0 Å². The molecule has 2 nitrogen and oxygen atoms in total. The maximum Gasteiger partial charge on any atom is 0.293 e. The van der Waals surface area contributed by atoms with Crippen LogP contribution in [0.3, 0.4) is 0 Å². The molecule has 1 atom stereocenters. The molecule has 2 aromatic rings. The van der Waals surface area contributed by atoms with Crippen LogP contribution < -0.4 is 0 Å².